The van der Waals surface area contributed by atoms with Crippen molar-refractivity contribution >= 4 is 0 Å². The third-order valence-corrected chi connectivity index (χ3v) is 4.24. The minimum atomic E-state index is 0.297. The zero-order chi connectivity index (χ0) is 13.0. The molecule has 1 fully saturated rings. The summed E-state index contributed by atoms with van der Waals surface area (Å²) >= 11 is 0. The maximum atomic E-state index is 4.32. The van der Waals surface area contributed by atoms with Gasteiger partial charge >= 0.3 is 0 Å². The highest BCUT2D eigenvalue weighted by Gasteiger charge is 2.37. The summed E-state index contributed by atoms with van der Waals surface area (Å²) in [7, 11) is 6.41. The molecule has 0 aliphatic heterocycles. The van der Waals surface area contributed by atoms with E-state index < -0.39 is 0 Å². The SMILES string of the molecule is CNC1CCC(CN(C)C)(c2cccnc2)CC1. The minimum absolute atomic E-state index is 0.297. The third-order valence-electron chi connectivity index (χ3n) is 4.24. The van der Waals surface area contributed by atoms with Crippen molar-refractivity contribution in [1.82, 2.24) is 15.2 Å². The van der Waals surface area contributed by atoms with Crippen LogP contribution in [0.2, 0.25) is 0 Å². The summed E-state index contributed by atoms with van der Waals surface area (Å²) in [4.78, 5) is 6.63. The average Bonchev–Trinajstić information content (AvgIpc) is 2.40. The Morgan fingerprint density at radius 1 is 1.39 bits per heavy atom. The summed E-state index contributed by atoms with van der Waals surface area (Å²) in [5.41, 5.74) is 1.71. The lowest BCUT2D eigenvalue weighted by atomic mass is 9.68. The average molecular weight is 247 g/mol. The second-order valence-electron chi connectivity index (χ2n) is 5.82. The van der Waals surface area contributed by atoms with E-state index in [2.05, 4.69) is 54.7 Å². The highest BCUT2D eigenvalue weighted by molar-refractivity contribution is 5.23. The van der Waals surface area contributed by atoms with E-state index in [0.717, 1.165) is 6.54 Å². The number of hydrogen-bond acceptors (Lipinski definition) is 3. The smallest absolute Gasteiger partial charge is 0.0306 e. The van der Waals surface area contributed by atoms with E-state index in [-0.39, 0.29) is 0 Å². The van der Waals surface area contributed by atoms with Gasteiger partial charge in [-0.15, -0.1) is 0 Å². The Morgan fingerprint density at radius 3 is 2.61 bits per heavy atom. The first-order valence-electron chi connectivity index (χ1n) is 6.89. The van der Waals surface area contributed by atoms with Crippen LogP contribution < -0.4 is 5.32 Å². The molecule has 1 heterocycles. The molecule has 1 aliphatic rings. The zero-order valence-corrected chi connectivity index (χ0v) is 11.8. The van der Waals surface area contributed by atoms with Crippen LogP contribution in [0.5, 0.6) is 0 Å². The van der Waals surface area contributed by atoms with Gasteiger partial charge < -0.3 is 10.2 Å². The molecule has 1 aromatic heterocycles. The van der Waals surface area contributed by atoms with Crippen LogP contribution >= 0.6 is 0 Å². The first-order chi connectivity index (χ1) is 8.66. The van der Waals surface area contributed by atoms with Gasteiger partial charge in [-0.25, -0.2) is 0 Å². The van der Waals surface area contributed by atoms with Crippen LogP contribution in [0.3, 0.4) is 0 Å². The van der Waals surface area contributed by atoms with Crippen LogP contribution in [0.25, 0.3) is 0 Å². The largest absolute Gasteiger partial charge is 0.317 e. The van der Waals surface area contributed by atoms with Crippen molar-refractivity contribution < 1.29 is 0 Å². The Bertz CT molecular complexity index is 353. The van der Waals surface area contributed by atoms with Crippen molar-refractivity contribution in [2.24, 2.45) is 0 Å². The molecule has 0 radical (unpaired) electrons. The van der Waals surface area contributed by atoms with E-state index >= 15 is 0 Å². The van der Waals surface area contributed by atoms with Crippen molar-refractivity contribution in [3.05, 3.63) is 30.1 Å². The Kier molecular flexibility index (Phi) is 4.36. The predicted molar refractivity (Wildman–Crippen MR) is 75.8 cm³/mol. The van der Waals surface area contributed by atoms with E-state index in [0.29, 0.717) is 11.5 Å². The van der Waals surface area contributed by atoms with Gasteiger partial charge in [-0.1, -0.05) is 6.07 Å². The van der Waals surface area contributed by atoms with Crippen LogP contribution in [-0.2, 0) is 5.41 Å². The number of likely N-dealkylation sites (N-methyl/N-ethyl adjacent to an activating group) is 1. The fourth-order valence-electron chi connectivity index (χ4n) is 3.28. The maximum Gasteiger partial charge on any atom is 0.0306 e. The van der Waals surface area contributed by atoms with Gasteiger partial charge in [0.2, 0.25) is 0 Å². The van der Waals surface area contributed by atoms with Crippen molar-refractivity contribution in [2.45, 2.75) is 37.1 Å². The second-order valence-corrected chi connectivity index (χ2v) is 5.82. The molecule has 0 bridgehead atoms. The molecule has 1 aliphatic carbocycles. The van der Waals surface area contributed by atoms with Crippen LogP contribution in [0.4, 0.5) is 0 Å². The number of hydrogen-bond donors (Lipinski definition) is 1. The first kappa shape index (κ1) is 13.5. The first-order valence-corrected chi connectivity index (χ1v) is 6.89. The molecule has 1 saturated carbocycles. The van der Waals surface area contributed by atoms with Gasteiger partial charge in [0.1, 0.15) is 0 Å². The number of pyridine rings is 1. The van der Waals surface area contributed by atoms with Gasteiger partial charge in [0.05, 0.1) is 0 Å². The molecule has 100 valence electrons. The van der Waals surface area contributed by atoms with Crippen molar-refractivity contribution in [3.63, 3.8) is 0 Å². The predicted octanol–water partition coefficient (Wildman–Crippen LogP) is 2.04. The standard InChI is InChI=1S/C15H25N3/c1-16-14-6-8-15(9-7-14,12-18(2)3)13-5-4-10-17-11-13/h4-5,10-11,14,16H,6-9,12H2,1-3H3. The molecule has 0 spiro atoms. The van der Waals surface area contributed by atoms with E-state index in [1.807, 2.05) is 6.20 Å². The maximum absolute atomic E-state index is 4.32. The summed E-state index contributed by atoms with van der Waals surface area (Å²) in [6.45, 7) is 1.12. The lowest BCUT2D eigenvalue weighted by Crippen LogP contribution is -2.44. The summed E-state index contributed by atoms with van der Waals surface area (Å²) < 4.78 is 0. The van der Waals surface area contributed by atoms with E-state index in [1.54, 1.807) is 0 Å². The molecule has 1 aromatic rings. The van der Waals surface area contributed by atoms with E-state index in [9.17, 15) is 0 Å². The van der Waals surface area contributed by atoms with Gasteiger partial charge in [-0.3, -0.25) is 4.98 Å². The molecule has 2 rings (SSSR count). The third kappa shape index (κ3) is 2.90. The van der Waals surface area contributed by atoms with Crippen LogP contribution in [0.1, 0.15) is 31.2 Å². The number of nitrogens with one attached hydrogen (secondary N) is 1. The molecule has 1 N–H and O–H groups in total. The fraction of sp³-hybridized carbons (Fsp3) is 0.667. The minimum Gasteiger partial charge on any atom is -0.317 e. The molecule has 0 aromatic carbocycles. The monoisotopic (exact) mass is 247 g/mol. The molecular weight excluding hydrogens is 222 g/mol. The van der Waals surface area contributed by atoms with Crippen molar-refractivity contribution in [3.8, 4) is 0 Å². The molecule has 0 amide bonds. The number of rotatable bonds is 4. The molecular formula is C15H25N3. The van der Waals surface area contributed by atoms with Crippen molar-refractivity contribution in [1.29, 1.82) is 0 Å². The highest BCUT2D eigenvalue weighted by atomic mass is 15.1. The normalized spacial score (nSPS) is 28.6. The number of aromatic nitrogens is 1. The molecule has 18 heavy (non-hydrogen) atoms. The van der Waals surface area contributed by atoms with Gasteiger partial charge in [0.15, 0.2) is 0 Å². The Balaban J connectivity index is 2.20. The number of nitrogens with zero attached hydrogens (tertiary/aromatic N) is 2. The summed E-state index contributed by atoms with van der Waals surface area (Å²) in [6, 6.07) is 5.00. The topological polar surface area (TPSA) is 28.2 Å². The fourth-order valence-corrected chi connectivity index (χ4v) is 3.28. The lowest BCUT2D eigenvalue weighted by Gasteiger charge is -2.42. The Hall–Kier alpha value is -0.930. The summed E-state index contributed by atoms with van der Waals surface area (Å²) in [5, 5.41) is 3.42. The lowest BCUT2D eigenvalue weighted by molar-refractivity contribution is 0.195. The van der Waals surface area contributed by atoms with Crippen LogP contribution in [0.15, 0.2) is 24.5 Å². The summed E-state index contributed by atoms with van der Waals surface area (Å²) in [6.07, 6.45) is 8.96. The quantitative estimate of drug-likeness (QED) is 0.882. The van der Waals surface area contributed by atoms with Crippen molar-refractivity contribution in [2.75, 3.05) is 27.7 Å². The summed E-state index contributed by atoms with van der Waals surface area (Å²) in [5.74, 6) is 0. The highest BCUT2D eigenvalue weighted by Crippen LogP contribution is 2.39. The molecule has 3 heteroatoms. The van der Waals surface area contributed by atoms with E-state index in [4.69, 9.17) is 0 Å². The van der Waals surface area contributed by atoms with Gasteiger partial charge in [0, 0.05) is 30.4 Å². The Morgan fingerprint density at radius 2 is 2.11 bits per heavy atom. The molecule has 3 nitrogen and oxygen atoms in total. The molecule has 0 unspecified atom stereocenters. The van der Waals surface area contributed by atoms with Gasteiger partial charge in [-0.2, -0.15) is 0 Å². The molecule has 0 saturated heterocycles. The van der Waals surface area contributed by atoms with Crippen LogP contribution in [-0.4, -0.2) is 43.6 Å². The van der Waals surface area contributed by atoms with Gasteiger partial charge in [-0.05, 0) is 58.5 Å². The van der Waals surface area contributed by atoms with Crippen LogP contribution in [0, 0.1) is 0 Å². The molecule has 0 atom stereocenters. The Labute approximate surface area is 111 Å². The zero-order valence-electron chi connectivity index (χ0n) is 11.8. The van der Waals surface area contributed by atoms with E-state index in [1.165, 1.54) is 31.2 Å². The van der Waals surface area contributed by atoms with Gasteiger partial charge in [0.25, 0.3) is 0 Å². The second kappa shape index (κ2) is 5.81.